The molecule has 3 unspecified atom stereocenters. The average Bonchev–Trinajstić information content (AvgIpc) is 2.63. The Labute approximate surface area is 155 Å². The first-order valence-corrected chi connectivity index (χ1v) is 8.42. The Morgan fingerprint density at radius 2 is 1.85 bits per heavy atom. The van der Waals surface area contributed by atoms with Gasteiger partial charge in [0.25, 0.3) is 5.97 Å². The zero-order chi connectivity index (χ0) is 20.4. The quantitative estimate of drug-likeness (QED) is 0.146. The summed E-state index contributed by atoms with van der Waals surface area (Å²) in [6.07, 6.45) is -1.60. The maximum atomic E-state index is 10.4. The van der Waals surface area contributed by atoms with Gasteiger partial charge >= 0.3 is 5.97 Å². The molecule has 0 bridgehead atoms. The number of ether oxygens (including phenoxy) is 1. The van der Waals surface area contributed by atoms with E-state index in [0.717, 1.165) is 0 Å². The summed E-state index contributed by atoms with van der Waals surface area (Å²) in [6, 6.07) is 0. The van der Waals surface area contributed by atoms with Crippen molar-refractivity contribution >= 4 is 5.97 Å². The van der Waals surface area contributed by atoms with E-state index in [1.54, 1.807) is 0 Å². The Kier molecular flexibility index (Phi) is 9.66. The lowest BCUT2D eigenvalue weighted by molar-refractivity contribution is -0.341. The van der Waals surface area contributed by atoms with Crippen LogP contribution in [0.3, 0.4) is 0 Å². The minimum absolute atomic E-state index is 0.0131. The van der Waals surface area contributed by atoms with Crippen molar-refractivity contribution in [2.75, 3.05) is 13.2 Å². The van der Waals surface area contributed by atoms with Gasteiger partial charge in [-0.2, -0.15) is 0 Å². The predicted molar refractivity (Wildman–Crippen MR) is 89.0 cm³/mol. The summed E-state index contributed by atoms with van der Waals surface area (Å²) >= 11 is 0. The van der Waals surface area contributed by atoms with Crippen molar-refractivity contribution in [2.45, 2.75) is 56.4 Å². The number of aryl methyl sites for hydroxylation is 1. The highest BCUT2D eigenvalue weighted by Crippen LogP contribution is 2.18. The van der Waals surface area contributed by atoms with Gasteiger partial charge in [0.05, 0.1) is 30.8 Å². The maximum absolute atomic E-state index is 10.4. The first-order chi connectivity index (χ1) is 12.7. The van der Waals surface area contributed by atoms with Gasteiger partial charge in [0.15, 0.2) is 0 Å². The summed E-state index contributed by atoms with van der Waals surface area (Å²) in [4.78, 5) is 18.3. The number of carboxylic acids is 1. The molecule has 0 aliphatic heterocycles. The fourth-order valence-electron chi connectivity index (χ4n) is 2.17. The number of hydrogen-bond acceptors (Lipinski definition) is 10. The van der Waals surface area contributed by atoms with Gasteiger partial charge in [0.1, 0.15) is 18.3 Å². The first-order valence-electron chi connectivity index (χ1n) is 8.42. The molecule has 11 heteroatoms. The first kappa shape index (κ1) is 23.3. The van der Waals surface area contributed by atoms with Crippen LogP contribution in [-0.4, -0.2) is 83.1 Å². The number of hydrogen-bond donors (Lipinski definition) is 7. The monoisotopic (exact) mass is 390 g/mol. The predicted octanol–water partition coefficient (Wildman–Crippen LogP) is -1.93. The van der Waals surface area contributed by atoms with Crippen LogP contribution in [0.1, 0.15) is 43.2 Å². The van der Waals surface area contributed by atoms with Gasteiger partial charge in [-0.1, -0.05) is 0 Å². The molecule has 0 spiro atoms. The zero-order valence-electron chi connectivity index (χ0n) is 14.7. The van der Waals surface area contributed by atoms with Crippen LogP contribution in [0.4, 0.5) is 0 Å². The second-order valence-corrected chi connectivity index (χ2v) is 6.06. The average molecular weight is 390 g/mol. The van der Waals surface area contributed by atoms with E-state index in [1.807, 2.05) is 0 Å². The van der Waals surface area contributed by atoms with E-state index >= 15 is 0 Å². The van der Waals surface area contributed by atoms with Crippen LogP contribution in [0.25, 0.3) is 0 Å². The third-order valence-electron chi connectivity index (χ3n) is 3.74. The molecule has 0 amide bonds. The molecule has 1 aromatic heterocycles. The van der Waals surface area contributed by atoms with Crippen LogP contribution in [0, 0.1) is 0 Å². The maximum Gasteiger partial charge on any atom is 0.303 e. The molecule has 154 valence electrons. The van der Waals surface area contributed by atoms with E-state index in [9.17, 15) is 30.3 Å². The van der Waals surface area contributed by atoms with Gasteiger partial charge in [-0.15, -0.1) is 0 Å². The van der Waals surface area contributed by atoms with Crippen molar-refractivity contribution in [2.24, 2.45) is 0 Å². The lowest BCUT2D eigenvalue weighted by atomic mass is 10.1. The molecule has 11 nitrogen and oxygen atoms in total. The molecular weight excluding hydrogens is 364 g/mol. The largest absolute Gasteiger partial charge is 0.481 e. The van der Waals surface area contributed by atoms with Crippen molar-refractivity contribution in [3.63, 3.8) is 0 Å². The van der Waals surface area contributed by atoms with Crippen molar-refractivity contribution in [1.82, 2.24) is 9.97 Å². The Bertz CT molecular complexity index is 568. The number of aliphatic carboxylic acids is 1. The molecule has 0 fully saturated rings. The molecule has 0 aliphatic carbocycles. The van der Waals surface area contributed by atoms with Crippen molar-refractivity contribution in [3.8, 4) is 0 Å². The third-order valence-corrected chi connectivity index (χ3v) is 3.74. The van der Waals surface area contributed by atoms with Crippen LogP contribution in [0.15, 0.2) is 12.4 Å². The van der Waals surface area contributed by atoms with Crippen LogP contribution in [0.2, 0.25) is 0 Å². The molecule has 27 heavy (non-hydrogen) atoms. The van der Waals surface area contributed by atoms with Crippen LogP contribution < -0.4 is 0 Å². The van der Waals surface area contributed by atoms with Gasteiger partial charge < -0.3 is 40.5 Å². The van der Waals surface area contributed by atoms with Gasteiger partial charge in [-0.05, 0) is 19.3 Å². The third kappa shape index (κ3) is 8.67. The molecule has 0 radical (unpaired) electrons. The molecule has 7 N–H and O–H groups in total. The second kappa shape index (κ2) is 11.2. The summed E-state index contributed by atoms with van der Waals surface area (Å²) in [5.74, 6) is -3.36. The molecule has 0 aliphatic rings. The number of carbonyl (C=O) groups is 1. The smallest absolute Gasteiger partial charge is 0.303 e. The van der Waals surface area contributed by atoms with Gasteiger partial charge in [-0.3, -0.25) is 14.8 Å². The Hall–Kier alpha value is -1.73. The van der Waals surface area contributed by atoms with Crippen LogP contribution in [-0.2, 0) is 16.0 Å². The second-order valence-electron chi connectivity index (χ2n) is 6.06. The Morgan fingerprint density at radius 1 is 1.15 bits per heavy atom. The van der Waals surface area contributed by atoms with Gasteiger partial charge in [0, 0.05) is 19.0 Å². The van der Waals surface area contributed by atoms with E-state index < -0.39 is 36.9 Å². The van der Waals surface area contributed by atoms with Crippen LogP contribution in [0.5, 0.6) is 0 Å². The fourth-order valence-corrected chi connectivity index (χ4v) is 2.17. The van der Waals surface area contributed by atoms with E-state index in [-0.39, 0.29) is 38.0 Å². The standard InChI is InChI=1S/C16H26N2O9/c19-9-12(20)15(24)14(23)11-8-17-10(7-18-11)3-1-5-16(25,26)27-6-2-4-13(21)22/h7-8,12,14-15,19-20,23-26H,1-6,9H2,(H,21,22). The summed E-state index contributed by atoms with van der Waals surface area (Å²) < 4.78 is 4.83. The Balaban J connectivity index is 2.42. The molecule has 0 saturated heterocycles. The molecular formula is C16H26N2O9. The lowest BCUT2D eigenvalue weighted by Crippen LogP contribution is -2.35. The van der Waals surface area contributed by atoms with Gasteiger partial charge in [0.2, 0.25) is 0 Å². The number of carboxylic acid groups (broad SMARTS) is 1. The highest BCUT2D eigenvalue weighted by Gasteiger charge is 2.27. The molecule has 1 aromatic rings. The topological polar surface area (TPSA) is 194 Å². The number of aliphatic hydroxyl groups excluding tert-OH is 4. The SMILES string of the molecule is O=C(O)CCCOC(O)(O)CCCc1cnc(C(O)C(O)C(O)CO)cn1. The highest BCUT2D eigenvalue weighted by atomic mass is 16.8. The molecule has 1 rings (SSSR count). The minimum atomic E-state index is -2.37. The number of aliphatic hydroxyl groups is 6. The summed E-state index contributed by atoms with van der Waals surface area (Å²) in [7, 11) is 0. The molecule has 3 atom stereocenters. The summed E-state index contributed by atoms with van der Waals surface area (Å²) in [5.41, 5.74) is 0.504. The number of rotatable bonds is 13. The van der Waals surface area contributed by atoms with Gasteiger partial charge in [-0.25, -0.2) is 0 Å². The summed E-state index contributed by atoms with van der Waals surface area (Å²) in [6.45, 7) is -0.820. The zero-order valence-corrected chi connectivity index (χ0v) is 14.7. The van der Waals surface area contributed by atoms with E-state index in [4.69, 9.17) is 14.9 Å². The molecule has 0 saturated carbocycles. The number of nitrogens with zero attached hydrogens (tertiary/aromatic N) is 2. The van der Waals surface area contributed by atoms with E-state index in [1.165, 1.54) is 12.4 Å². The van der Waals surface area contributed by atoms with E-state index in [0.29, 0.717) is 12.1 Å². The van der Waals surface area contributed by atoms with E-state index in [2.05, 4.69) is 9.97 Å². The van der Waals surface area contributed by atoms with Crippen LogP contribution >= 0.6 is 0 Å². The van der Waals surface area contributed by atoms with Crippen molar-refractivity contribution < 1.29 is 45.3 Å². The molecule has 0 aromatic carbocycles. The normalized spacial score (nSPS) is 15.3. The van der Waals surface area contributed by atoms with Crippen molar-refractivity contribution in [3.05, 3.63) is 23.8 Å². The molecule has 1 heterocycles. The highest BCUT2D eigenvalue weighted by molar-refractivity contribution is 5.66. The Morgan fingerprint density at radius 3 is 2.41 bits per heavy atom. The fraction of sp³-hybridized carbons (Fsp3) is 0.688. The summed E-state index contributed by atoms with van der Waals surface area (Å²) in [5, 5.41) is 65.4. The lowest BCUT2D eigenvalue weighted by Gasteiger charge is -2.22. The number of aromatic nitrogens is 2. The van der Waals surface area contributed by atoms with Crippen molar-refractivity contribution in [1.29, 1.82) is 0 Å². The minimum Gasteiger partial charge on any atom is -0.481 e.